The van der Waals surface area contributed by atoms with Crippen LogP contribution in [0.5, 0.6) is 0 Å². The van der Waals surface area contributed by atoms with Crippen molar-refractivity contribution in [2.45, 2.75) is 71.8 Å². The number of ether oxygens (including phenoxy) is 1. The highest BCUT2D eigenvalue weighted by molar-refractivity contribution is 7.80. The van der Waals surface area contributed by atoms with E-state index in [2.05, 4.69) is 20.8 Å². The molecule has 18 heavy (non-hydrogen) atoms. The van der Waals surface area contributed by atoms with E-state index in [0.29, 0.717) is 11.1 Å². The Bertz CT molecular complexity index is 265. The molecule has 1 saturated carbocycles. The van der Waals surface area contributed by atoms with Crippen molar-refractivity contribution in [1.29, 1.82) is 0 Å². The van der Waals surface area contributed by atoms with Crippen LogP contribution < -0.4 is 5.73 Å². The van der Waals surface area contributed by atoms with E-state index in [9.17, 15) is 0 Å². The van der Waals surface area contributed by atoms with Gasteiger partial charge in [-0.05, 0) is 31.6 Å². The van der Waals surface area contributed by atoms with Crippen LogP contribution in [-0.4, -0.2) is 17.7 Å². The molecule has 0 radical (unpaired) electrons. The van der Waals surface area contributed by atoms with E-state index in [1.54, 1.807) is 0 Å². The summed E-state index contributed by atoms with van der Waals surface area (Å²) < 4.78 is 6.08. The zero-order chi connectivity index (χ0) is 13.6. The summed E-state index contributed by atoms with van der Waals surface area (Å²) in [5.41, 5.74) is 5.70. The van der Waals surface area contributed by atoms with Gasteiger partial charge in [0.1, 0.15) is 0 Å². The predicted octanol–water partition coefficient (Wildman–Crippen LogP) is 4.06. The summed E-state index contributed by atoms with van der Waals surface area (Å²) >= 11 is 5.08. The first kappa shape index (κ1) is 15.9. The summed E-state index contributed by atoms with van der Waals surface area (Å²) in [6, 6.07) is 0. The van der Waals surface area contributed by atoms with Crippen molar-refractivity contribution in [3.8, 4) is 0 Å². The predicted molar refractivity (Wildman–Crippen MR) is 81.8 cm³/mol. The standard InChI is InChI=1S/C15H29NOS/c1-4-12-8-5-6-9-13(12)17-11-7-10-15(2,3)14(16)18/h12-13H,4-11H2,1-3H3,(H2,16,18). The number of hydrogen-bond acceptors (Lipinski definition) is 2. The zero-order valence-electron chi connectivity index (χ0n) is 12.2. The maximum atomic E-state index is 6.08. The Morgan fingerprint density at radius 3 is 2.61 bits per heavy atom. The molecule has 0 heterocycles. The second kappa shape index (κ2) is 7.44. The van der Waals surface area contributed by atoms with Crippen molar-refractivity contribution in [3.05, 3.63) is 0 Å². The molecule has 0 amide bonds. The second-order valence-electron chi connectivity index (χ2n) is 6.21. The SMILES string of the molecule is CCC1CCCCC1OCCCC(C)(C)C(N)=S. The quantitative estimate of drug-likeness (QED) is 0.560. The van der Waals surface area contributed by atoms with Gasteiger partial charge in [-0.1, -0.05) is 52.3 Å². The summed E-state index contributed by atoms with van der Waals surface area (Å²) in [5, 5.41) is 0. The van der Waals surface area contributed by atoms with Crippen molar-refractivity contribution < 1.29 is 4.74 Å². The average Bonchev–Trinajstić information content (AvgIpc) is 2.35. The Balaban J connectivity index is 2.22. The van der Waals surface area contributed by atoms with Crippen LogP contribution in [0.25, 0.3) is 0 Å². The minimum Gasteiger partial charge on any atom is -0.393 e. The van der Waals surface area contributed by atoms with Crippen molar-refractivity contribution in [2.24, 2.45) is 17.1 Å². The van der Waals surface area contributed by atoms with Crippen LogP contribution in [0.4, 0.5) is 0 Å². The first-order chi connectivity index (χ1) is 8.47. The molecule has 0 bridgehead atoms. The Hall–Kier alpha value is -0.150. The molecule has 2 atom stereocenters. The maximum Gasteiger partial charge on any atom is 0.0784 e. The highest BCUT2D eigenvalue weighted by Crippen LogP contribution is 2.29. The number of rotatable bonds is 7. The lowest BCUT2D eigenvalue weighted by Crippen LogP contribution is -2.31. The lowest BCUT2D eigenvalue weighted by Gasteiger charge is -2.31. The molecule has 0 aromatic carbocycles. The van der Waals surface area contributed by atoms with Gasteiger partial charge in [0.15, 0.2) is 0 Å². The lowest BCUT2D eigenvalue weighted by atomic mass is 9.84. The third-order valence-electron chi connectivity index (χ3n) is 4.31. The first-order valence-corrected chi connectivity index (χ1v) is 7.79. The highest BCUT2D eigenvalue weighted by atomic mass is 32.1. The molecule has 0 aromatic rings. The van der Waals surface area contributed by atoms with Gasteiger partial charge in [0.05, 0.1) is 11.1 Å². The van der Waals surface area contributed by atoms with Crippen molar-refractivity contribution in [2.75, 3.05) is 6.61 Å². The summed E-state index contributed by atoms with van der Waals surface area (Å²) in [6.45, 7) is 7.37. The van der Waals surface area contributed by atoms with E-state index < -0.39 is 0 Å². The smallest absolute Gasteiger partial charge is 0.0784 e. The minimum absolute atomic E-state index is 0.0323. The molecule has 106 valence electrons. The number of hydrogen-bond donors (Lipinski definition) is 1. The first-order valence-electron chi connectivity index (χ1n) is 7.39. The van der Waals surface area contributed by atoms with Crippen LogP contribution in [0.15, 0.2) is 0 Å². The monoisotopic (exact) mass is 271 g/mol. The van der Waals surface area contributed by atoms with Crippen molar-refractivity contribution in [3.63, 3.8) is 0 Å². The Morgan fingerprint density at radius 1 is 1.33 bits per heavy atom. The van der Waals surface area contributed by atoms with Gasteiger partial charge in [-0.2, -0.15) is 0 Å². The van der Waals surface area contributed by atoms with E-state index in [1.807, 2.05) is 0 Å². The van der Waals surface area contributed by atoms with Crippen molar-refractivity contribution in [1.82, 2.24) is 0 Å². The molecular weight excluding hydrogens is 242 g/mol. The molecule has 1 aliphatic rings. The maximum absolute atomic E-state index is 6.08. The van der Waals surface area contributed by atoms with Crippen LogP contribution in [0, 0.1) is 11.3 Å². The average molecular weight is 271 g/mol. The Kier molecular flexibility index (Phi) is 6.58. The summed E-state index contributed by atoms with van der Waals surface area (Å²) in [6.07, 6.45) is 9.13. The fraction of sp³-hybridized carbons (Fsp3) is 0.933. The molecule has 2 nitrogen and oxygen atoms in total. The molecule has 2 unspecified atom stereocenters. The molecule has 0 spiro atoms. The van der Waals surface area contributed by atoms with Crippen LogP contribution in [0.2, 0.25) is 0 Å². The molecule has 0 aliphatic heterocycles. The number of nitrogens with two attached hydrogens (primary N) is 1. The molecule has 2 N–H and O–H groups in total. The van der Waals surface area contributed by atoms with Gasteiger partial charge >= 0.3 is 0 Å². The molecular formula is C15H29NOS. The fourth-order valence-electron chi connectivity index (χ4n) is 2.73. The Labute approximate surface area is 118 Å². The van der Waals surface area contributed by atoms with Gasteiger partial charge in [-0.3, -0.25) is 0 Å². The molecule has 0 aromatic heterocycles. The molecule has 1 rings (SSSR count). The lowest BCUT2D eigenvalue weighted by molar-refractivity contribution is -0.0147. The van der Waals surface area contributed by atoms with Crippen LogP contribution in [-0.2, 0) is 4.74 Å². The van der Waals surface area contributed by atoms with E-state index >= 15 is 0 Å². The van der Waals surface area contributed by atoms with Gasteiger partial charge in [0.2, 0.25) is 0 Å². The Morgan fingerprint density at radius 2 is 2.00 bits per heavy atom. The van der Waals surface area contributed by atoms with E-state index in [0.717, 1.165) is 25.4 Å². The normalized spacial score (nSPS) is 25.1. The van der Waals surface area contributed by atoms with Gasteiger partial charge in [-0.25, -0.2) is 0 Å². The second-order valence-corrected chi connectivity index (χ2v) is 6.65. The highest BCUT2D eigenvalue weighted by Gasteiger charge is 2.25. The van der Waals surface area contributed by atoms with Gasteiger partial charge < -0.3 is 10.5 Å². The molecule has 0 saturated heterocycles. The fourth-order valence-corrected chi connectivity index (χ4v) is 2.83. The van der Waals surface area contributed by atoms with Crippen LogP contribution in [0.3, 0.4) is 0 Å². The topological polar surface area (TPSA) is 35.2 Å². The van der Waals surface area contributed by atoms with Gasteiger partial charge in [0.25, 0.3) is 0 Å². The summed E-state index contributed by atoms with van der Waals surface area (Å²) in [7, 11) is 0. The molecule has 1 fully saturated rings. The third kappa shape index (κ3) is 4.85. The van der Waals surface area contributed by atoms with E-state index in [-0.39, 0.29) is 5.41 Å². The van der Waals surface area contributed by atoms with Gasteiger partial charge in [0, 0.05) is 12.0 Å². The van der Waals surface area contributed by atoms with Crippen LogP contribution >= 0.6 is 12.2 Å². The molecule has 3 heteroatoms. The minimum atomic E-state index is -0.0323. The number of thiocarbonyl (C=S) groups is 1. The molecule has 1 aliphatic carbocycles. The van der Waals surface area contributed by atoms with Crippen molar-refractivity contribution >= 4 is 17.2 Å². The van der Waals surface area contributed by atoms with Gasteiger partial charge in [-0.15, -0.1) is 0 Å². The largest absolute Gasteiger partial charge is 0.393 e. The van der Waals surface area contributed by atoms with Crippen LogP contribution in [0.1, 0.15) is 65.7 Å². The summed E-state index contributed by atoms with van der Waals surface area (Å²) in [5.74, 6) is 0.780. The zero-order valence-corrected chi connectivity index (χ0v) is 13.0. The van der Waals surface area contributed by atoms with E-state index in [1.165, 1.54) is 32.1 Å². The summed E-state index contributed by atoms with van der Waals surface area (Å²) in [4.78, 5) is 0.617. The third-order valence-corrected chi connectivity index (χ3v) is 4.86. The van der Waals surface area contributed by atoms with E-state index in [4.69, 9.17) is 22.7 Å².